The highest BCUT2D eigenvalue weighted by atomic mass is 35.5. The Morgan fingerprint density at radius 3 is 2.86 bits per heavy atom. The number of anilines is 1. The van der Waals surface area contributed by atoms with Gasteiger partial charge in [0, 0.05) is 24.5 Å². The molecule has 0 spiro atoms. The van der Waals surface area contributed by atoms with Crippen molar-refractivity contribution >= 4 is 29.1 Å². The van der Waals surface area contributed by atoms with E-state index in [1.54, 1.807) is 26.0 Å². The number of nitrogens with zero attached hydrogens (tertiary/aromatic N) is 1. The lowest BCUT2D eigenvalue weighted by Gasteiger charge is -2.23. The minimum atomic E-state index is -0.684. The zero-order chi connectivity index (χ0) is 15.6. The van der Waals surface area contributed by atoms with Crippen molar-refractivity contribution in [1.29, 1.82) is 0 Å². The lowest BCUT2D eigenvalue weighted by molar-refractivity contribution is -0.128. The third-order valence-electron chi connectivity index (χ3n) is 3.53. The quantitative estimate of drug-likeness (QED) is 0.867. The molecule has 1 aromatic carbocycles. The second-order valence-electron chi connectivity index (χ2n) is 5.88. The molecule has 21 heavy (non-hydrogen) atoms. The van der Waals surface area contributed by atoms with E-state index in [2.05, 4.69) is 5.32 Å². The number of benzene rings is 1. The molecule has 0 radical (unpaired) electrons. The first kappa shape index (κ1) is 15.8. The van der Waals surface area contributed by atoms with Crippen LogP contribution in [0.3, 0.4) is 0 Å². The number of rotatable bonds is 4. The monoisotopic (exact) mass is 312 g/mol. The highest BCUT2D eigenvalue weighted by Crippen LogP contribution is 2.23. The van der Waals surface area contributed by atoms with E-state index in [9.17, 15) is 14.0 Å². The van der Waals surface area contributed by atoms with E-state index in [1.807, 2.05) is 0 Å². The van der Waals surface area contributed by atoms with Gasteiger partial charge < -0.3 is 10.2 Å². The Morgan fingerprint density at radius 2 is 2.24 bits per heavy atom. The van der Waals surface area contributed by atoms with Gasteiger partial charge in [0.2, 0.25) is 11.8 Å². The molecule has 6 heteroatoms. The van der Waals surface area contributed by atoms with Crippen LogP contribution in [0.25, 0.3) is 0 Å². The van der Waals surface area contributed by atoms with Crippen LogP contribution >= 0.6 is 11.6 Å². The van der Waals surface area contributed by atoms with E-state index in [0.717, 1.165) is 0 Å². The van der Waals surface area contributed by atoms with Crippen LogP contribution in [0.5, 0.6) is 0 Å². The molecule has 1 heterocycles. The van der Waals surface area contributed by atoms with Gasteiger partial charge in [0.25, 0.3) is 0 Å². The van der Waals surface area contributed by atoms with Crippen LogP contribution < -0.4 is 10.2 Å². The molecule has 0 bridgehead atoms. The highest BCUT2D eigenvalue weighted by molar-refractivity contribution is 6.19. The Morgan fingerprint density at radius 1 is 1.52 bits per heavy atom. The lowest BCUT2D eigenvalue weighted by atomic mass is 9.95. The Hall–Kier alpha value is -1.62. The normalized spacial score (nSPS) is 19.0. The standard InChI is InChI=1S/C15H18ClFN2O2/c1-15(2,9-16)14(21)18-11-7-13(20)19(8-11)12-5-3-4-10(17)6-12/h3-6,11H,7-9H2,1-2H3,(H,18,21)/t11-/m0/s1. The molecule has 1 aliphatic heterocycles. The Kier molecular flexibility index (Phi) is 4.52. The minimum Gasteiger partial charge on any atom is -0.351 e. The summed E-state index contributed by atoms with van der Waals surface area (Å²) in [6.07, 6.45) is 0.209. The van der Waals surface area contributed by atoms with Crippen LogP contribution in [0.15, 0.2) is 24.3 Å². The van der Waals surface area contributed by atoms with Gasteiger partial charge in [-0.2, -0.15) is 0 Å². The molecule has 0 unspecified atom stereocenters. The zero-order valence-corrected chi connectivity index (χ0v) is 12.8. The van der Waals surface area contributed by atoms with Crippen LogP contribution in [0.1, 0.15) is 20.3 Å². The number of alkyl halides is 1. The Bertz CT molecular complexity index is 562. The lowest BCUT2D eigenvalue weighted by Crippen LogP contribution is -2.44. The number of amides is 2. The van der Waals surface area contributed by atoms with Gasteiger partial charge in [-0.1, -0.05) is 6.07 Å². The molecule has 0 saturated carbocycles. The number of carbonyl (C=O) groups is 2. The molecule has 1 fully saturated rings. The summed E-state index contributed by atoms with van der Waals surface area (Å²) >= 11 is 5.76. The Balaban J connectivity index is 2.05. The molecule has 0 aromatic heterocycles. The fraction of sp³-hybridized carbons (Fsp3) is 0.467. The molecule has 0 aliphatic carbocycles. The van der Waals surface area contributed by atoms with Crippen molar-refractivity contribution in [3.05, 3.63) is 30.1 Å². The summed E-state index contributed by atoms with van der Waals surface area (Å²) < 4.78 is 13.2. The molecule has 1 aromatic rings. The number of hydrogen-bond acceptors (Lipinski definition) is 2. The fourth-order valence-corrected chi connectivity index (χ4v) is 2.26. The molecule has 1 saturated heterocycles. The SMILES string of the molecule is CC(C)(CCl)C(=O)N[C@H]1CC(=O)N(c2cccc(F)c2)C1. The van der Waals surface area contributed by atoms with Crippen molar-refractivity contribution in [3.63, 3.8) is 0 Å². The zero-order valence-electron chi connectivity index (χ0n) is 12.0. The number of hydrogen-bond donors (Lipinski definition) is 1. The van der Waals surface area contributed by atoms with Crippen molar-refractivity contribution < 1.29 is 14.0 Å². The molecule has 2 rings (SSSR count). The molecule has 1 atom stereocenters. The van der Waals surface area contributed by atoms with Crippen LogP contribution in [-0.2, 0) is 9.59 Å². The summed E-state index contributed by atoms with van der Waals surface area (Å²) in [5.41, 5.74) is -0.176. The van der Waals surface area contributed by atoms with E-state index in [-0.39, 0.29) is 30.2 Å². The summed E-state index contributed by atoms with van der Waals surface area (Å²) in [6.45, 7) is 3.83. The number of nitrogens with one attached hydrogen (secondary N) is 1. The van der Waals surface area contributed by atoms with E-state index in [1.165, 1.54) is 17.0 Å². The summed E-state index contributed by atoms with van der Waals surface area (Å²) in [7, 11) is 0. The summed E-state index contributed by atoms with van der Waals surface area (Å²) in [4.78, 5) is 25.6. The van der Waals surface area contributed by atoms with Gasteiger partial charge in [-0.15, -0.1) is 11.6 Å². The van der Waals surface area contributed by atoms with Crippen LogP contribution in [0.2, 0.25) is 0 Å². The predicted molar refractivity (Wildman–Crippen MR) is 79.8 cm³/mol. The van der Waals surface area contributed by atoms with Crippen molar-refractivity contribution in [3.8, 4) is 0 Å². The maximum Gasteiger partial charge on any atom is 0.229 e. The van der Waals surface area contributed by atoms with Gasteiger partial charge in [-0.25, -0.2) is 4.39 Å². The highest BCUT2D eigenvalue weighted by Gasteiger charge is 2.35. The average Bonchev–Trinajstić information content (AvgIpc) is 2.79. The molecular formula is C15H18ClFN2O2. The average molecular weight is 313 g/mol. The number of halogens is 2. The summed E-state index contributed by atoms with van der Waals surface area (Å²) in [6, 6.07) is 5.58. The van der Waals surface area contributed by atoms with E-state index < -0.39 is 11.2 Å². The topological polar surface area (TPSA) is 49.4 Å². The summed E-state index contributed by atoms with van der Waals surface area (Å²) in [5.74, 6) is -0.505. The van der Waals surface area contributed by atoms with Gasteiger partial charge in [0.15, 0.2) is 0 Å². The second kappa shape index (κ2) is 6.02. The second-order valence-corrected chi connectivity index (χ2v) is 6.14. The third kappa shape index (κ3) is 3.53. The van der Waals surface area contributed by atoms with E-state index in [0.29, 0.717) is 12.2 Å². The smallest absolute Gasteiger partial charge is 0.229 e. The van der Waals surface area contributed by atoms with Gasteiger partial charge in [-0.3, -0.25) is 9.59 Å². The first-order valence-corrected chi connectivity index (χ1v) is 7.30. The predicted octanol–water partition coefficient (Wildman–Crippen LogP) is 2.31. The first-order chi connectivity index (χ1) is 9.83. The molecule has 1 N–H and O–H groups in total. The minimum absolute atomic E-state index is 0.130. The summed E-state index contributed by atoms with van der Waals surface area (Å²) in [5, 5.41) is 2.84. The van der Waals surface area contributed by atoms with Gasteiger partial charge in [0.1, 0.15) is 5.82 Å². The van der Waals surface area contributed by atoms with Crippen molar-refractivity contribution in [2.24, 2.45) is 5.41 Å². The van der Waals surface area contributed by atoms with Crippen LogP contribution in [0, 0.1) is 11.2 Å². The fourth-order valence-electron chi connectivity index (χ4n) is 2.14. The third-order valence-corrected chi connectivity index (χ3v) is 4.20. The molecular weight excluding hydrogens is 295 g/mol. The van der Waals surface area contributed by atoms with Crippen LogP contribution in [0.4, 0.5) is 10.1 Å². The van der Waals surface area contributed by atoms with Gasteiger partial charge >= 0.3 is 0 Å². The van der Waals surface area contributed by atoms with E-state index in [4.69, 9.17) is 11.6 Å². The van der Waals surface area contributed by atoms with Crippen molar-refractivity contribution in [2.45, 2.75) is 26.3 Å². The van der Waals surface area contributed by atoms with Crippen LogP contribution in [-0.4, -0.2) is 30.3 Å². The van der Waals surface area contributed by atoms with Gasteiger partial charge in [0.05, 0.1) is 11.5 Å². The molecule has 2 amide bonds. The largest absolute Gasteiger partial charge is 0.351 e. The molecule has 114 valence electrons. The van der Waals surface area contributed by atoms with Crippen molar-refractivity contribution in [1.82, 2.24) is 5.32 Å². The van der Waals surface area contributed by atoms with E-state index >= 15 is 0 Å². The maximum absolute atomic E-state index is 13.2. The van der Waals surface area contributed by atoms with Crippen molar-refractivity contribution in [2.75, 3.05) is 17.3 Å². The Labute approximate surface area is 128 Å². The molecule has 4 nitrogen and oxygen atoms in total. The number of carbonyl (C=O) groups excluding carboxylic acids is 2. The molecule has 1 aliphatic rings. The maximum atomic E-state index is 13.2. The first-order valence-electron chi connectivity index (χ1n) is 6.76. The van der Waals surface area contributed by atoms with Gasteiger partial charge in [-0.05, 0) is 32.0 Å².